The van der Waals surface area contributed by atoms with E-state index >= 15 is 0 Å². The number of hydrogen-bond donors (Lipinski definition) is 1. The van der Waals surface area contributed by atoms with Crippen LogP contribution in [0.1, 0.15) is 25.8 Å². The van der Waals surface area contributed by atoms with Gasteiger partial charge in [-0.3, -0.25) is 4.98 Å². The average molecular weight is 268 g/mol. The maximum atomic E-state index is 5.32. The topological polar surface area (TPSA) is 63.8 Å². The van der Waals surface area contributed by atoms with Crippen molar-refractivity contribution in [2.75, 3.05) is 6.54 Å². The molecule has 3 aromatic rings. The summed E-state index contributed by atoms with van der Waals surface area (Å²) in [5.41, 5.74) is 0.752. The van der Waals surface area contributed by atoms with Crippen molar-refractivity contribution in [3.05, 3.63) is 42.4 Å². The normalized spacial score (nSPS) is 12.7. The maximum Gasteiger partial charge on any atom is 0.243 e. The lowest BCUT2D eigenvalue weighted by atomic mass is 10.1. The molecule has 1 unspecified atom stereocenters. The number of fused-ring (bicyclic) bond motifs is 1. The van der Waals surface area contributed by atoms with E-state index in [0.717, 1.165) is 23.0 Å². The molecule has 0 fully saturated rings. The first-order valence-corrected chi connectivity index (χ1v) is 6.70. The summed E-state index contributed by atoms with van der Waals surface area (Å²) in [5, 5.41) is 9.44. The number of rotatable bonds is 4. The molecule has 0 aliphatic heterocycles. The highest BCUT2D eigenvalue weighted by Gasteiger charge is 2.16. The first-order chi connectivity index (χ1) is 9.79. The third-order valence-corrected chi connectivity index (χ3v) is 3.21. The number of nitrogens with zero attached hydrogens (tertiary/aromatic N) is 3. The van der Waals surface area contributed by atoms with Gasteiger partial charge >= 0.3 is 0 Å². The second kappa shape index (κ2) is 5.38. The van der Waals surface area contributed by atoms with E-state index in [1.165, 1.54) is 0 Å². The Labute approximate surface area is 117 Å². The van der Waals surface area contributed by atoms with Crippen molar-refractivity contribution in [3.8, 4) is 11.5 Å². The van der Waals surface area contributed by atoms with Crippen LogP contribution >= 0.6 is 0 Å². The van der Waals surface area contributed by atoms with Crippen molar-refractivity contribution in [1.29, 1.82) is 0 Å². The molecular formula is C15H16N4O. The van der Waals surface area contributed by atoms with Gasteiger partial charge in [0.2, 0.25) is 11.7 Å². The van der Waals surface area contributed by atoms with Crippen LogP contribution in [0.25, 0.3) is 22.3 Å². The van der Waals surface area contributed by atoms with E-state index in [1.807, 2.05) is 44.2 Å². The second-order valence-electron chi connectivity index (χ2n) is 4.62. The Kier molecular flexibility index (Phi) is 3.43. The Hall–Kier alpha value is -2.27. The number of pyridine rings is 1. The van der Waals surface area contributed by atoms with Crippen molar-refractivity contribution in [2.24, 2.45) is 0 Å². The van der Waals surface area contributed by atoms with Gasteiger partial charge in [0.05, 0.1) is 6.04 Å². The number of nitrogens with one attached hydrogen (secondary N) is 1. The number of benzene rings is 1. The molecule has 0 amide bonds. The molecule has 0 spiro atoms. The quantitative estimate of drug-likeness (QED) is 0.788. The van der Waals surface area contributed by atoms with Gasteiger partial charge in [0.15, 0.2) is 0 Å². The predicted octanol–water partition coefficient (Wildman–Crippen LogP) is 2.96. The van der Waals surface area contributed by atoms with Gasteiger partial charge in [-0.25, -0.2) is 0 Å². The fourth-order valence-electron chi connectivity index (χ4n) is 2.20. The van der Waals surface area contributed by atoms with E-state index < -0.39 is 0 Å². The molecule has 0 aliphatic rings. The van der Waals surface area contributed by atoms with Crippen LogP contribution in [-0.2, 0) is 0 Å². The SMILES string of the molecule is CCNC(C)c1nc(-c2nccc3ccccc23)no1. The molecule has 0 saturated carbocycles. The Bertz CT molecular complexity index is 717. The fourth-order valence-corrected chi connectivity index (χ4v) is 2.20. The molecule has 2 heterocycles. The first-order valence-electron chi connectivity index (χ1n) is 6.70. The van der Waals surface area contributed by atoms with Crippen LogP contribution in [0.3, 0.4) is 0 Å². The van der Waals surface area contributed by atoms with E-state index in [9.17, 15) is 0 Å². The van der Waals surface area contributed by atoms with Gasteiger partial charge in [-0.05, 0) is 24.9 Å². The molecular weight excluding hydrogens is 252 g/mol. The van der Waals surface area contributed by atoms with Crippen LogP contribution in [0, 0.1) is 0 Å². The lowest BCUT2D eigenvalue weighted by Gasteiger charge is -2.05. The molecule has 0 bridgehead atoms. The van der Waals surface area contributed by atoms with E-state index in [-0.39, 0.29) is 6.04 Å². The summed E-state index contributed by atoms with van der Waals surface area (Å²) in [5.74, 6) is 1.11. The van der Waals surface area contributed by atoms with Crippen molar-refractivity contribution in [2.45, 2.75) is 19.9 Å². The van der Waals surface area contributed by atoms with Crippen LogP contribution in [0.4, 0.5) is 0 Å². The number of hydrogen-bond acceptors (Lipinski definition) is 5. The molecule has 102 valence electrons. The fraction of sp³-hybridized carbons (Fsp3) is 0.267. The molecule has 0 aliphatic carbocycles. The van der Waals surface area contributed by atoms with Crippen molar-refractivity contribution in [3.63, 3.8) is 0 Å². The van der Waals surface area contributed by atoms with E-state index in [1.54, 1.807) is 6.20 Å². The summed E-state index contributed by atoms with van der Waals surface area (Å²) in [6.45, 7) is 4.89. The summed E-state index contributed by atoms with van der Waals surface area (Å²) in [6.07, 6.45) is 1.77. The number of aromatic nitrogens is 3. The molecule has 2 aromatic heterocycles. The Morgan fingerprint density at radius 2 is 2.10 bits per heavy atom. The highest BCUT2D eigenvalue weighted by molar-refractivity contribution is 5.92. The summed E-state index contributed by atoms with van der Waals surface area (Å²) in [7, 11) is 0. The Morgan fingerprint density at radius 1 is 1.25 bits per heavy atom. The van der Waals surface area contributed by atoms with E-state index in [0.29, 0.717) is 11.7 Å². The van der Waals surface area contributed by atoms with Crippen LogP contribution in [0.5, 0.6) is 0 Å². The van der Waals surface area contributed by atoms with Crippen LogP contribution in [-0.4, -0.2) is 21.7 Å². The maximum absolute atomic E-state index is 5.32. The molecule has 3 rings (SSSR count). The lowest BCUT2D eigenvalue weighted by Crippen LogP contribution is -2.17. The molecule has 0 radical (unpaired) electrons. The van der Waals surface area contributed by atoms with Crippen LogP contribution in [0.15, 0.2) is 41.1 Å². The molecule has 5 heteroatoms. The molecule has 1 aromatic carbocycles. The largest absolute Gasteiger partial charge is 0.337 e. The van der Waals surface area contributed by atoms with Gasteiger partial charge in [-0.2, -0.15) is 4.98 Å². The summed E-state index contributed by atoms with van der Waals surface area (Å²) < 4.78 is 5.32. The summed E-state index contributed by atoms with van der Waals surface area (Å²) in [4.78, 5) is 8.84. The third kappa shape index (κ3) is 2.28. The minimum atomic E-state index is 0.0382. The van der Waals surface area contributed by atoms with Crippen molar-refractivity contribution in [1.82, 2.24) is 20.4 Å². The highest BCUT2D eigenvalue weighted by Crippen LogP contribution is 2.24. The van der Waals surface area contributed by atoms with Crippen molar-refractivity contribution >= 4 is 10.8 Å². The second-order valence-corrected chi connectivity index (χ2v) is 4.62. The zero-order chi connectivity index (χ0) is 13.9. The highest BCUT2D eigenvalue weighted by atomic mass is 16.5. The zero-order valence-electron chi connectivity index (χ0n) is 11.5. The minimum absolute atomic E-state index is 0.0382. The minimum Gasteiger partial charge on any atom is -0.337 e. The van der Waals surface area contributed by atoms with Crippen molar-refractivity contribution < 1.29 is 4.52 Å². The van der Waals surface area contributed by atoms with Gasteiger partial charge in [-0.1, -0.05) is 36.3 Å². The molecule has 1 atom stereocenters. The summed E-state index contributed by atoms with van der Waals surface area (Å²) >= 11 is 0. The monoisotopic (exact) mass is 268 g/mol. The van der Waals surface area contributed by atoms with Crippen LogP contribution < -0.4 is 5.32 Å². The average Bonchev–Trinajstić information content (AvgIpc) is 2.97. The molecule has 1 N–H and O–H groups in total. The summed E-state index contributed by atoms with van der Waals surface area (Å²) in [6, 6.07) is 10.1. The van der Waals surface area contributed by atoms with Gasteiger partial charge in [0.1, 0.15) is 5.69 Å². The smallest absolute Gasteiger partial charge is 0.243 e. The molecule has 0 saturated heterocycles. The Balaban J connectivity index is 2.03. The van der Waals surface area contributed by atoms with Gasteiger partial charge in [0, 0.05) is 11.6 Å². The van der Waals surface area contributed by atoms with E-state index in [2.05, 4.69) is 20.4 Å². The standard InChI is InChI=1S/C15H16N4O/c1-3-16-10(2)15-18-14(19-20-15)13-12-7-5-4-6-11(12)8-9-17-13/h4-10,16H,3H2,1-2H3. The van der Waals surface area contributed by atoms with E-state index in [4.69, 9.17) is 4.52 Å². The van der Waals surface area contributed by atoms with Gasteiger partial charge in [0.25, 0.3) is 0 Å². The molecule has 5 nitrogen and oxygen atoms in total. The van der Waals surface area contributed by atoms with Crippen LogP contribution in [0.2, 0.25) is 0 Å². The Morgan fingerprint density at radius 3 is 2.95 bits per heavy atom. The third-order valence-electron chi connectivity index (χ3n) is 3.21. The van der Waals surface area contributed by atoms with Gasteiger partial charge in [-0.15, -0.1) is 0 Å². The predicted molar refractivity (Wildman–Crippen MR) is 77.1 cm³/mol. The zero-order valence-corrected chi connectivity index (χ0v) is 11.5. The van der Waals surface area contributed by atoms with Gasteiger partial charge < -0.3 is 9.84 Å². The molecule has 20 heavy (non-hydrogen) atoms. The first kappa shape index (κ1) is 12.7. The lowest BCUT2D eigenvalue weighted by molar-refractivity contribution is 0.342.